The van der Waals surface area contributed by atoms with Crippen molar-refractivity contribution >= 4 is 16.8 Å². The molecule has 1 aliphatic rings. The van der Waals surface area contributed by atoms with Gasteiger partial charge in [-0.2, -0.15) is 0 Å². The third kappa shape index (κ3) is 5.98. The lowest BCUT2D eigenvalue weighted by Gasteiger charge is -2.35. The summed E-state index contributed by atoms with van der Waals surface area (Å²) in [6.45, 7) is 12.9. The Morgan fingerprint density at radius 3 is 2.33 bits per heavy atom. The number of hydrogen-bond donors (Lipinski definition) is 2. The molecule has 1 fully saturated rings. The van der Waals surface area contributed by atoms with Gasteiger partial charge in [0.25, 0.3) is 0 Å². The summed E-state index contributed by atoms with van der Waals surface area (Å²) in [5, 5.41) is 14.6. The van der Waals surface area contributed by atoms with Gasteiger partial charge < -0.3 is 15.0 Å². The molecule has 2 aromatic heterocycles. The van der Waals surface area contributed by atoms with Crippen molar-refractivity contribution < 1.29 is 9.90 Å². The molecule has 2 aromatic carbocycles. The van der Waals surface area contributed by atoms with E-state index in [-0.39, 0.29) is 12.5 Å². The van der Waals surface area contributed by atoms with Crippen molar-refractivity contribution in [2.75, 3.05) is 19.6 Å². The summed E-state index contributed by atoms with van der Waals surface area (Å²) in [6.07, 6.45) is 1.33. The molecule has 3 heterocycles. The molecule has 1 unspecified atom stereocenters. The average molecular weight is 539 g/mol. The number of aliphatic hydroxyl groups is 1. The number of carbonyl (C=O) groups is 1. The van der Waals surface area contributed by atoms with Crippen molar-refractivity contribution in [3.8, 4) is 11.3 Å². The second-order valence-electron chi connectivity index (χ2n) is 11.6. The Kier molecular flexibility index (Phi) is 8.38. The number of carbonyl (C=O) groups excluding carboxylic acids is 1. The van der Waals surface area contributed by atoms with Crippen LogP contribution in [-0.4, -0.2) is 51.3 Å². The van der Waals surface area contributed by atoms with Crippen molar-refractivity contribution in [3.05, 3.63) is 88.7 Å². The van der Waals surface area contributed by atoms with Crippen molar-refractivity contribution in [3.63, 3.8) is 0 Å². The summed E-state index contributed by atoms with van der Waals surface area (Å²) in [6, 6.07) is 22.2. The second kappa shape index (κ2) is 11.9. The Balaban J connectivity index is 1.54. The van der Waals surface area contributed by atoms with Crippen LogP contribution < -0.4 is 5.32 Å². The first-order valence-corrected chi connectivity index (χ1v) is 14.5. The molecular formula is C34H42N4O2. The number of fused-ring (bicyclic) bond motifs is 1. The third-order valence-electron chi connectivity index (χ3n) is 8.20. The minimum atomic E-state index is -0.637. The molecule has 5 rings (SSSR count). The zero-order chi connectivity index (χ0) is 28.4. The number of likely N-dealkylation sites (tertiary alicyclic amines) is 1. The number of piperidine rings is 1. The number of aryl methyl sites for hydroxylation is 2. The molecule has 6 nitrogen and oxygen atoms in total. The van der Waals surface area contributed by atoms with E-state index in [4.69, 9.17) is 0 Å². The van der Waals surface area contributed by atoms with E-state index < -0.39 is 6.23 Å². The van der Waals surface area contributed by atoms with Crippen LogP contribution in [-0.2, 0) is 11.3 Å². The Morgan fingerprint density at radius 2 is 1.70 bits per heavy atom. The standard InChI is InChI=1S/C34H42N4O2/c1-22(2)33-30-19-28(27-13-15-37(16-14-27)32(40)20-35-25(5)39)11-12-31(30)38(21-26-9-7-6-8-10-26)34(33)29-17-23(3)36-24(4)18-29/h6-12,17-19,22,27,32,40H,13-16,20-21H2,1-5H3,(H,35,39). The van der Waals surface area contributed by atoms with Crippen LogP contribution in [0.15, 0.2) is 60.7 Å². The zero-order valence-corrected chi connectivity index (χ0v) is 24.4. The molecule has 4 aromatic rings. The quantitative estimate of drug-likeness (QED) is 0.283. The summed E-state index contributed by atoms with van der Waals surface area (Å²) >= 11 is 0. The predicted molar refractivity (Wildman–Crippen MR) is 163 cm³/mol. The predicted octanol–water partition coefficient (Wildman–Crippen LogP) is 6.13. The molecule has 0 spiro atoms. The first kappa shape index (κ1) is 28.1. The lowest BCUT2D eigenvalue weighted by Crippen LogP contribution is -2.46. The molecule has 0 bridgehead atoms. The zero-order valence-electron chi connectivity index (χ0n) is 24.4. The van der Waals surface area contributed by atoms with Gasteiger partial charge in [-0.15, -0.1) is 0 Å². The molecule has 0 saturated carbocycles. The lowest BCUT2D eigenvalue weighted by molar-refractivity contribution is -0.120. The highest BCUT2D eigenvalue weighted by Gasteiger charge is 2.27. The number of nitrogens with one attached hydrogen (secondary N) is 1. The summed E-state index contributed by atoms with van der Waals surface area (Å²) in [4.78, 5) is 18.0. The molecule has 40 heavy (non-hydrogen) atoms. The number of benzene rings is 2. The molecule has 0 aliphatic carbocycles. The van der Waals surface area contributed by atoms with E-state index in [0.717, 1.165) is 43.9 Å². The topological polar surface area (TPSA) is 70.4 Å². The van der Waals surface area contributed by atoms with E-state index in [1.165, 1.54) is 45.8 Å². The first-order chi connectivity index (χ1) is 19.2. The monoisotopic (exact) mass is 538 g/mol. The number of rotatable bonds is 8. The Bertz CT molecular complexity index is 1460. The second-order valence-corrected chi connectivity index (χ2v) is 11.6. The van der Waals surface area contributed by atoms with Crippen LogP contribution in [0.2, 0.25) is 0 Å². The number of aliphatic hydroxyl groups excluding tert-OH is 1. The highest BCUT2D eigenvalue weighted by Crippen LogP contribution is 2.41. The minimum Gasteiger partial charge on any atom is -0.377 e. The van der Waals surface area contributed by atoms with Gasteiger partial charge in [-0.05, 0) is 79.5 Å². The summed E-state index contributed by atoms with van der Waals surface area (Å²) in [7, 11) is 0. The summed E-state index contributed by atoms with van der Waals surface area (Å²) < 4.78 is 2.50. The molecule has 210 valence electrons. The first-order valence-electron chi connectivity index (χ1n) is 14.5. The van der Waals surface area contributed by atoms with Crippen LogP contribution in [0.3, 0.4) is 0 Å². The number of nitrogens with zero attached hydrogens (tertiary/aromatic N) is 3. The molecule has 1 amide bonds. The van der Waals surface area contributed by atoms with E-state index in [0.29, 0.717) is 11.8 Å². The maximum atomic E-state index is 11.3. The molecule has 1 atom stereocenters. The largest absolute Gasteiger partial charge is 0.377 e. The van der Waals surface area contributed by atoms with Gasteiger partial charge in [-0.25, -0.2) is 0 Å². The fourth-order valence-electron chi connectivity index (χ4n) is 6.34. The third-order valence-corrected chi connectivity index (χ3v) is 8.20. The van der Waals surface area contributed by atoms with Crippen LogP contribution >= 0.6 is 0 Å². The SMILES string of the molecule is CC(=O)NCC(O)N1CCC(c2ccc3c(c2)c(C(C)C)c(-c2cc(C)nc(C)c2)n3Cc2ccccc2)CC1. The Hall–Kier alpha value is -3.48. The molecule has 0 radical (unpaired) electrons. The summed E-state index contributed by atoms with van der Waals surface area (Å²) in [5.74, 6) is 0.683. The fraction of sp³-hybridized carbons (Fsp3) is 0.412. The minimum absolute atomic E-state index is 0.112. The fourth-order valence-corrected chi connectivity index (χ4v) is 6.34. The molecular weight excluding hydrogens is 496 g/mol. The van der Waals surface area contributed by atoms with E-state index >= 15 is 0 Å². The van der Waals surface area contributed by atoms with Crippen LogP contribution in [0.1, 0.15) is 73.5 Å². The van der Waals surface area contributed by atoms with Gasteiger partial charge in [0.1, 0.15) is 6.23 Å². The number of pyridine rings is 1. The average Bonchev–Trinajstić information content (AvgIpc) is 3.25. The summed E-state index contributed by atoms with van der Waals surface area (Å²) in [5.41, 5.74) is 9.90. The van der Waals surface area contributed by atoms with Crippen molar-refractivity contribution in [1.82, 2.24) is 19.8 Å². The van der Waals surface area contributed by atoms with Crippen molar-refractivity contribution in [2.24, 2.45) is 0 Å². The van der Waals surface area contributed by atoms with Gasteiger partial charge in [-0.1, -0.05) is 50.2 Å². The Labute approximate surface area is 238 Å². The highest BCUT2D eigenvalue weighted by molar-refractivity contribution is 5.93. The maximum Gasteiger partial charge on any atom is 0.217 e. The maximum absolute atomic E-state index is 11.3. The van der Waals surface area contributed by atoms with Crippen LogP contribution in [0.25, 0.3) is 22.2 Å². The lowest BCUT2D eigenvalue weighted by atomic mass is 9.87. The van der Waals surface area contributed by atoms with E-state index in [1.54, 1.807) is 0 Å². The van der Waals surface area contributed by atoms with Gasteiger partial charge in [0.05, 0.1) is 12.2 Å². The van der Waals surface area contributed by atoms with E-state index in [1.807, 2.05) is 0 Å². The van der Waals surface area contributed by atoms with Crippen molar-refractivity contribution in [2.45, 2.75) is 72.1 Å². The van der Waals surface area contributed by atoms with Crippen LogP contribution in [0.5, 0.6) is 0 Å². The number of hydrogen-bond acceptors (Lipinski definition) is 4. The molecule has 2 N–H and O–H groups in total. The smallest absolute Gasteiger partial charge is 0.217 e. The van der Waals surface area contributed by atoms with Crippen molar-refractivity contribution in [1.29, 1.82) is 0 Å². The van der Waals surface area contributed by atoms with Gasteiger partial charge in [0.15, 0.2) is 0 Å². The molecule has 1 aliphatic heterocycles. The van der Waals surface area contributed by atoms with Crippen LogP contribution in [0, 0.1) is 13.8 Å². The van der Waals surface area contributed by atoms with E-state index in [9.17, 15) is 9.90 Å². The normalized spacial score (nSPS) is 15.6. The van der Waals surface area contributed by atoms with Gasteiger partial charge in [-0.3, -0.25) is 14.7 Å². The number of amides is 1. The number of aromatic nitrogens is 2. The van der Waals surface area contributed by atoms with Gasteiger partial charge in [0.2, 0.25) is 5.91 Å². The molecule has 1 saturated heterocycles. The van der Waals surface area contributed by atoms with Gasteiger partial charge in [0, 0.05) is 54.4 Å². The Morgan fingerprint density at radius 1 is 1.02 bits per heavy atom. The highest BCUT2D eigenvalue weighted by atomic mass is 16.3. The van der Waals surface area contributed by atoms with Gasteiger partial charge >= 0.3 is 0 Å². The van der Waals surface area contributed by atoms with E-state index in [2.05, 4.69) is 108 Å². The van der Waals surface area contributed by atoms with Crippen LogP contribution in [0.4, 0.5) is 0 Å². The molecule has 6 heteroatoms.